The van der Waals surface area contributed by atoms with Crippen molar-refractivity contribution in [3.63, 3.8) is 0 Å². The van der Waals surface area contributed by atoms with Gasteiger partial charge in [-0.15, -0.1) is 0 Å². The van der Waals surface area contributed by atoms with Crippen LogP contribution in [0.3, 0.4) is 0 Å². The molecule has 6 heteroatoms. The fourth-order valence-corrected chi connectivity index (χ4v) is 0.558. The maximum Gasteiger partial charge on any atom is 0.374 e. The maximum atomic E-state index is 10.5. The molecule has 0 amide bonds. The molecule has 0 aliphatic carbocycles. The first-order valence-electron chi connectivity index (χ1n) is 2.96. The van der Waals surface area contributed by atoms with E-state index in [4.69, 9.17) is 5.11 Å². The lowest BCUT2D eigenvalue weighted by atomic mass is 10.2. The second-order valence-corrected chi connectivity index (χ2v) is 1.98. The van der Waals surface area contributed by atoms with Gasteiger partial charge in [-0.05, 0) is 6.42 Å². The Kier molecular flexibility index (Phi) is 2.40. The normalized spacial score (nSPS) is 26.5. The number of aliphatic hydroxyl groups excluding tert-OH is 1. The van der Waals surface area contributed by atoms with Gasteiger partial charge in [-0.3, -0.25) is 9.78 Å². The molecule has 1 N–H and O–H groups in total. The molecule has 0 aromatic rings. The first-order chi connectivity index (χ1) is 5.20. The lowest BCUT2D eigenvalue weighted by molar-refractivity contribution is -0.463. The van der Waals surface area contributed by atoms with Gasteiger partial charge in [-0.2, -0.15) is 0 Å². The predicted molar refractivity (Wildman–Crippen MR) is 28.5 cm³/mol. The van der Waals surface area contributed by atoms with Gasteiger partial charge in [-0.1, -0.05) is 0 Å². The molecule has 1 fully saturated rings. The van der Waals surface area contributed by atoms with Crippen LogP contribution in [-0.2, 0) is 24.4 Å². The van der Waals surface area contributed by atoms with Crippen molar-refractivity contribution < 1.29 is 29.5 Å². The van der Waals surface area contributed by atoms with E-state index in [1.165, 1.54) is 0 Å². The Bertz CT molecular complexity index is 176. The second kappa shape index (κ2) is 3.31. The van der Waals surface area contributed by atoms with Crippen molar-refractivity contribution in [1.29, 1.82) is 0 Å². The molecule has 11 heavy (non-hydrogen) atoms. The van der Waals surface area contributed by atoms with E-state index in [-0.39, 0.29) is 12.8 Å². The number of aliphatic hydroxyl groups is 1. The zero-order chi connectivity index (χ0) is 8.27. The summed E-state index contributed by atoms with van der Waals surface area (Å²) in [5.74, 6) is -1.64. The first-order valence-corrected chi connectivity index (χ1v) is 2.96. The van der Waals surface area contributed by atoms with Crippen molar-refractivity contribution in [2.24, 2.45) is 0 Å². The van der Waals surface area contributed by atoms with Crippen LogP contribution in [0.5, 0.6) is 0 Å². The number of hydrogen-bond donors (Lipinski definition) is 1. The highest BCUT2D eigenvalue weighted by atomic mass is 17.5. The molecule has 1 rings (SSSR count). The van der Waals surface area contributed by atoms with Crippen LogP contribution in [0.25, 0.3) is 0 Å². The molecule has 1 unspecified atom stereocenters. The molecule has 0 aromatic carbocycles. The minimum Gasteiger partial charge on any atom is -0.381 e. The van der Waals surface area contributed by atoms with E-state index < -0.39 is 18.0 Å². The fourth-order valence-electron chi connectivity index (χ4n) is 0.558. The van der Waals surface area contributed by atoms with Gasteiger partial charge in [0.25, 0.3) is 0 Å². The molecule has 62 valence electrons. The van der Waals surface area contributed by atoms with Crippen molar-refractivity contribution >= 4 is 11.9 Å². The minimum atomic E-state index is -1.32. The van der Waals surface area contributed by atoms with Gasteiger partial charge >= 0.3 is 11.9 Å². The van der Waals surface area contributed by atoms with Crippen molar-refractivity contribution in [3.8, 4) is 0 Å². The van der Waals surface area contributed by atoms with Gasteiger partial charge in [-0.25, -0.2) is 9.59 Å². The van der Waals surface area contributed by atoms with Crippen molar-refractivity contribution in [2.75, 3.05) is 0 Å². The summed E-state index contributed by atoms with van der Waals surface area (Å²) in [4.78, 5) is 28.7. The van der Waals surface area contributed by atoms with Crippen LogP contribution in [0.2, 0.25) is 0 Å². The van der Waals surface area contributed by atoms with Gasteiger partial charge in [0, 0.05) is 5.04 Å². The predicted octanol–water partition coefficient (Wildman–Crippen LogP) is -0.926. The summed E-state index contributed by atoms with van der Waals surface area (Å²) >= 11 is 0. The van der Waals surface area contributed by atoms with E-state index in [1.807, 2.05) is 0 Å². The molecular formula is C5H6O6. The lowest BCUT2D eigenvalue weighted by Gasteiger charge is -2.10. The Morgan fingerprint density at radius 3 is 2.82 bits per heavy atom. The Hall–Kier alpha value is -1.14. The summed E-state index contributed by atoms with van der Waals surface area (Å²) in [7, 11) is 0. The number of carbonyl (C=O) groups excluding carboxylic acids is 2. The van der Waals surface area contributed by atoms with Crippen LogP contribution in [0.15, 0.2) is 0 Å². The molecule has 1 atom stereocenters. The Labute approximate surface area is 61.5 Å². The Morgan fingerprint density at radius 1 is 1.36 bits per heavy atom. The smallest absolute Gasteiger partial charge is 0.374 e. The third-order valence-electron chi connectivity index (χ3n) is 1.14. The zero-order valence-electron chi connectivity index (χ0n) is 5.48. The summed E-state index contributed by atoms with van der Waals surface area (Å²) < 4.78 is 0. The molecule has 1 heterocycles. The van der Waals surface area contributed by atoms with Crippen LogP contribution in [-0.4, -0.2) is 23.1 Å². The molecule has 0 radical (unpaired) electrons. The second-order valence-electron chi connectivity index (χ2n) is 1.98. The van der Waals surface area contributed by atoms with Gasteiger partial charge in [0.2, 0.25) is 0 Å². The van der Waals surface area contributed by atoms with Crippen molar-refractivity contribution in [3.05, 3.63) is 0 Å². The lowest BCUT2D eigenvalue weighted by Crippen LogP contribution is -2.27. The minimum absolute atomic E-state index is 0.0129. The van der Waals surface area contributed by atoms with E-state index in [0.29, 0.717) is 0 Å². The number of rotatable bonds is 0. The summed E-state index contributed by atoms with van der Waals surface area (Å²) in [5.41, 5.74) is 0. The molecule has 0 saturated carbocycles. The van der Waals surface area contributed by atoms with Crippen LogP contribution in [0.4, 0.5) is 0 Å². The molecule has 1 aliphatic rings. The van der Waals surface area contributed by atoms with E-state index >= 15 is 0 Å². The van der Waals surface area contributed by atoms with Crippen LogP contribution in [0.1, 0.15) is 12.8 Å². The average molecular weight is 162 g/mol. The number of carbonyl (C=O) groups is 2. The monoisotopic (exact) mass is 162 g/mol. The topological polar surface area (TPSA) is 82.1 Å². The molecule has 0 spiro atoms. The van der Waals surface area contributed by atoms with Gasteiger partial charge < -0.3 is 5.11 Å². The van der Waals surface area contributed by atoms with E-state index in [0.717, 1.165) is 0 Å². The third-order valence-corrected chi connectivity index (χ3v) is 1.14. The largest absolute Gasteiger partial charge is 0.381 e. The van der Waals surface area contributed by atoms with Crippen LogP contribution < -0.4 is 0 Å². The Balaban J connectivity index is 2.47. The molecule has 0 aromatic heterocycles. The number of hydrogen-bond acceptors (Lipinski definition) is 6. The third kappa shape index (κ3) is 2.17. The molecule has 0 bridgehead atoms. The SMILES string of the molecule is O=C1CCC(O)C(=O)OOO1. The van der Waals surface area contributed by atoms with Crippen molar-refractivity contribution in [1.82, 2.24) is 0 Å². The first kappa shape index (κ1) is 7.96. The molecule has 1 saturated heterocycles. The average Bonchev–Trinajstić information content (AvgIpc) is 1.98. The molecule has 1 aliphatic heterocycles. The molecule has 6 nitrogen and oxygen atoms in total. The maximum absolute atomic E-state index is 10.5. The standard InChI is InChI=1S/C5H6O6/c6-3-1-2-4(7)9-11-10-5(3)8/h3,6H,1-2H2. The summed E-state index contributed by atoms with van der Waals surface area (Å²) in [5, 5.41) is 12.5. The highest BCUT2D eigenvalue weighted by Crippen LogP contribution is 2.05. The summed E-state index contributed by atoms with van der Waals surface area (Å²) in [6, 6.07) is 0. The van der Waals surface area contributed by atoms with E-state index in [9.17, 15) is 9.59 Å². The van der Waals surface area contributed by atoms with Gasteiger partial charge in [0.15, 0.2) is 6.10 Å². The van der Waals surface area contributed by atoms with Crippen molar-refractivity contribution in [2.45, 2.75) is 18.9 Å². The van der Waals surface area contributed by atoms with E-state index in [1.54, 1.807) is 0 Å². The quantitative estimate of drug-likeness (QED) is 0.463. The molecular weight excluding hydrogens is 156 g/mol. The van der Waals surface area contributed by atoms with Crippen LogP contribution >= 0.6 is 0 Å². The van der Waals surface area contributed by atoms with Gasteiger partial charge in [0.05, 0.1) is 6.42 Å². The highest BCUT2D eigenvalue weighted by Gasteiger charge is 2.23. The van der Waals surface area contributed by atoms with E-state index in [2.05, 4.69) is 14.8 Å². The summed E-state index contributed by atoms with van der Waals surface area (Å²) in [6.07, 6.45) is -1.40. The van der Waals surface area contributed by atoms with Gasteiger partial charge in [0.1, 0.15) is 0 Å². The zero-order valence-corrected chi connectivity index (χ0v) is 5.48. The fraction of sp³-hybridized carbons (Fsp3) is 0.600. The summed E-state index contributed by atoms with van der Waals surface area (Å²) in [6.45, 7) is 0. The Morgan fingerprint density at radius 2 is 2.09 bits per heavy atom. The highest BCUT2D eigenvalue weighted by molar-refractivity contribution is 5.76. The van der Waals surface area contributed by atoms with Crippen LogP contribution in [0, 0.1) is 0 Å².